The van der Waals surface area contributed by atoms with Gasteiger partial charge in [-0.15, -0.1) is 0 Å². The van der Waals surface area contributed by atoms with E-state index >= 15 is 0 Å². The molecule has 3 aromatic rings. The Morgan fingerprint density at radius 3 is 2.53 bits per heavy atom. The van der Waals surface area contributed by atoms with Crippen LogP contribution in [0.1, 0.15) is 27.3 Å². The minimum atomic E-state index is -0.628. The molecule has 0 saturated carbocycles. The Bertz CT molecular complexity index is 1060. The number of carbonyl (C=O) groups excluding carboxylic acids is 1. The van der Waals surface area contributed by atoms with Crippen molar-refractivity contribution in [3.8, 4) is 11.3 Å². The summed E-state index contributed by atoms with van der Waals surface area (Å²) in [6.45, 7) is 5.04. The molecule has 0 unspecified atom stereocenters. The van der Waals surface area contributed by atoms with Crippen LogP contribution in [0.5, 0.6) is 0 Å². The normalized spacial score (nSPS) is 13.8. The maximum Gasteiger partial charge on any atom is 0.269 e. The van der Waals surface area contributed by atoms with E-state index in [9.17, 15) is 4.79 Å². The highest BCUT2D eigenvalue weighted by Crippen LogP contribution is 2.20. The zero-order valence-electron chi connectivity index (χ0n) is 18.0. The van der Waals surface area contributed by atoms with Gasteiger partial charge in [0.15, 0.2) is 5.69 Å². The first kappa shape index (κ1) is 21.9. The van der Waals surface area contributed by atoms with E-state index in [1.165, 1.54) is 11.3 Å². The van der Waals surface area contributed by atoms with E-state index in [0.717, 1.165) is 44.0 Å². The molecule has 0 aliphatic carbocycles. The third-order valence-electron chi connectivity index (χ3n) is 5.47. The maximum absolute atomic E-state index is 11.7. The molecule has 32 heavy (non-hydrogen) atoms. The van der Waals surface area contributed by atoms with Crippen molar-refractivity contribution in [2.45, 2.75) is 19.6 Å². The monoisotopic (exact) mass is 432 g/mol. The number of ether oxygens (including phenoxy) is 1. The molecule has 8 heteroatoms. The van der Waals surface area contributed by atoms with Crippen LogP contribution in [0, 0.1) is 0 Å². The number of rotatable bonds is 8. The predicted octanol–water partition coefficient (Wildman–Crippen LogP) is 1.83. The van der Waals surface area contributed by atoms with Crippen LogP contribution < -0.4 is 21.7 Å². The first-order valence-electron chi connectivity index (χ1n) is 10.7. The van der Waals surface area contributed by atoms with Crippen molar-refractivity contribution in [1.29, 1.82) is 0 Å². The van der Waals surface area contributed by atoms with Gasteiger partial charge in [-0.1, -0.05) is 30.3 Å². The quantitative estimate of drug-likeness (QED) is 0.497. The van der Waals surface area contributed by atoms with Crippen LogP contribution in [0.15, 0.2) is 54.7 Å². The van der Waals surface area contributed by atoms with E-state index in [4.69, 9.17) is 16.2 Å². The highest BCUT2D eigenvalue weighted by molar-refractivity contribution is 5.92. The van der Waals surface area contributed by atoms with Gasteiger partial charge < -0.3 is 26.4 Å². The summed E-state index contributed by atoms with van der Waals surface area (Å²) in [6.07, 6.45) is 1.62. The summed E-state index contributed by atoms with van der Waals surface area (Å²) in [7, 11) is 0. The number of nitrogens with zero attached hydrogens (tertiary/aromatic N) is 3. The molecule has 2 aromatic carbocycles. The van der Waals surface area contributed by atoms with Crippen LogP contribution in [0.3, 0.4) is 0 Å². The van der Waals surface area contributed by atoms with E-state index in [0.29, 0.717) is 17.9 Å². The maximum atomic E-state index is 11.7. The number of amides is 1. The standard InChI is InChI=1S/C24H28N6O2/c25-13-21-23(24(26)31)29-22(16-28-21)19-3-1-2-18(12-19)15-27-14-17-4-6-20(7-5-17)30-8-10-32-11-9-30/h1-7,12,16,27H,8-11,13-15,25H2,(H2,26,31). The Hall–Kier alpha value is -3.33. The minimum Gasteiger partial charge on any atom is -0.378 e. The number of hydrogen-bond donors (Lipinski definition) is 3. The Morgan fingerprint density at radius 1 is 1.06 bits per heavy atom. The SMILES string of the molecule is NCc1ncc(-c2cccc(CNCc3ccc(N4CCOCC4)cc3)c2)nc1C(N)=O. The lowest BCUT2D eigenvalue weighted by atomic mass is 10.1. The predicted molar refractivity (Wildman–Crippen MR) is 124 cm³/mol. The van der Waals surface area contributed by atoms with Crippen molar-refractivity contribution in [1.82, 2.24) is 15.3 Å². The number of primary amides is 1. The third kappa shape index (κ3) is 5.28. The molecule has 0 bridgehead atoms. The van der Waals surface area contributed by atoms with Crippen molar-refractivity contribution < 1.29 is 9.53 Å². The topological polar surface area (TPSA) is 119 Å². The third-order valence-corrected chi connectivity index (χ3v) is 5.47. The number of carbonyl (C=O) groups is 1. The number of benzene rings is 2. The Kier molecular flexibility index (Phi) is 7.06. The zero-order chi connectivity index (χ0) is 22.3. The van der Waals surface area contributed by atoms with E-state index in [-0.39, 0.29) is 12.2 Å². The van der Waals surface area contributed by atoms with Crippen molar-refractivity contribution in [3.63, 3.8) is 0 Å². The molecule has 1 aliphatic rings. The van der Waals surface area contributed by atoms with Crippen LogP contribution >= 0.6 is 0 Å². The van der Waals surface area contributed by atoms with Crippen LogP contribution in [-0.4, -0.2) is 42.2 Å². The number of anilines is 1. The Labute approximate surface area is 187 Å². The summed E-state index contributed by atoms with van der Waals surface area (Å²) in [5.74, 6) is -0.628. The molecule has 1 aromatic heterocycles. The molecule has 8 nitrogen and oxygen atoms in total. The average molecular weight is 433 g/mol. The molecule has 1 aliphatic heterocycles. The molecule has 166 valence electrons. The lowest BCUT2D eigenvalue weighted by Gasteiger charge is -2.28. The number of nitrogens with two attached hydrogens (primary N) is 2. The van der Waals surface area contributed by atoms with Gasteiger partial charge in [0.05, 0.1) is 30.8 Å². The van der Waals surface area contributed by atoms with Crippen LogP contribution in [0.25, 0.3) is 11.3 Å². The average Bonchev–Trinajstić information content (AvgIpc) is 2.85. The van der Waals surface area contributed by atoms with E-state index in [2.05, 4.69) is 50.5 Å². The van der Waals surface area contributed by atoms with Gasteiger partial charge in [0.2, 0.25) is 0 Å². The zero-order valence-corrected chi connectivity index (χ0v) is 18.0. The molecule has 2 heterocycles. The fraction of sp³-hybridized carbons (Fsp3) is 0.292. The van der Waals surface area contributed by atoms with E-state index in [1.54, 1.807) is 6.20 Å². The molecule has 0 radical (unpaired) electrons. The Morgan fingerprint density at radius 2 is 1.81 bits per heavy atom. The fourth-order valence-electron chi connectivity index (χ4n) is 3.74. The summed E-state index contributed by atoms with van der Waals surface area (Å²) in [6, 6.07) is 16.6. The summed E-state index contributed by atoms with van der Waals surface area (Å²) in [4.78, 5) is 22.6. The van der Waals surface area contributed by atoms with Gasteiger partial charge in [-0.2, -0.15) is 0 Å². The second-order valence-corrected chi connectivity index (χ2v) is 7.69. The molecular formula is C24H28N6O2. The molecule has 0 spiro atoms. The molecule has 1 fully saturated rings. The smallest absolute Gasteiger partial charge is 0.269 e. The van der Waals surface area contributed by atoms with E-state index < -0.39 is 5.91 Å². The van der Waals surface area contributed by atoms with Gasteiger partial charge in [-0.3, -0.25) is 9.78 Å². The lowest BCUT2D eigenvalue weighted by Crippen LogP contribution is -2.36. The summed E-state index contributed by atoms with van der Waals surface area (Å²) in [5, 5.41) is 3.48. The lowest BCUT2D eigenvalue weighted by molar-refractivity contribution is 0.0994. The number of aromatic nitrogens is 2. The number of morpholine rings is 1. The number of nitrogens with one attached hydrogen (secondary N) is 1. The van der Waals surface area contributed by atoms with Crippen molar-refractivity contribution >= 4 is 11.6 Å². The number of hydrogen-bond acceptors (Lipinski definition) is 7. The molecule has 0 atom stereocenters. The first-order valence-corrected chi connectivity index (χ1v) is 10.7. The van der Waals surface area contributed by atoms with Crippen molar-refractivity contribution in [2.24, 2.45) is 11.5 Å². The van der Waals surface area contributed by atoms with Crippen LogP contribution in [0.4, 0.5) is 5.69 Å². The highest BCUT2D eigenvalue weighted by atomic mass is 16.5. The van der Waals surface area contributed by atoms with Gasteiger partial charge in [-0.25, -0.2) is 4.98 Å². The molecule has 1 amide bonds. The fourth-order valence-corrected chi connectivity index (χ4v) is 3.74. The van der Waals surface area contributed by atoms with Crippen molar-refractivity contribution in [2.75, 3.05) is 31.2 Å². The van der Waals surface area contributed by atoms with Gasteiger partial charge >= 0.3 is 0 Å². The summed E-state index contributed by atoms with van der Waals surface area (Å²) < 4.78 is 5.42. The summed E-state index contributed by atoms with van der Waals surface area (Å²) in [5.41, 5.74) is 16.6. The van der Waals surface area contributed by atoms with Gasteiger partial charge in [0, 0.05) is 44.0 Å². The first-order chi connectivity index (χ1) is 15.6. The van der Waals surface area contributed by atoms with Crippen molar-refractivity contribution in [3.05, 3.63) is 77.2 Å². The second-order valence-electron chi connectivity index (χ2n) is 7.69. The Balaban J connectivity index is 1.37. The largest absolute Gasteiger partial charge is 0.378 e. The summed E-state index contributed by atoms with van der Waals surface area (Å²) >= 11 is 0. The minimum absolute atomic E-state index is 0.114. The molecule has 4 rings (SSSR count). The van der Waals surface area contributed by atoms with E-state index in [1.807, 2.05) is 18.2 Å². The second kappa shape index (κ2) is 10.3. The van der Waals surface area contributed by atoms with Gasteiger partial charge in [0.1, 0.15) is 0 Å². The van der Waals surface area contributed by atoms with Crippen LogP contribution in [0.2, 0.25) is 0 Å². The highest BCUT2D eigenvalue weighted by Gasteiger charge is 2.13. The molecular weight excluding hydrogens is 404 g/mol. The van der Waals surface area contributed by atoms with Crippen LogP contribution in [-0.2, 0) is 24.4 Å². The molecule has 5 N–H and O–H groups in total. The molecule has 1 saturated heterocycles. The van der Waals surface area contributed by atoms with Gasteiger partial charge in [-0.05, 0) is 29.3 Å². The van der Waals surface area contributed by atoms with Gasteiger partial charge in [0.25, 0.3) is 5.91 Å².